The highest BCUT2D eigenvalue weighted by molar-refractivity contribution is 5.68. The van der Waals surface area contributed by atoms with Gasteiger partial charge in [-0.1, -0.05) is 38.5 Å². The lowest BCUT2D eigenvalue weighted by molar-refractivity contribution is 1.09. The van der Waals surface area contributed by atoms with E-state index in [-0.39, 0.29) is 0 Å². The summed E-state index contributed by atoms with van der Waals surface area (Å²) in [5, 5.41) is 6.54. The molecule has 58 valence electrons. The van der Waals surface area contributed by atoms with Crippen LogP contribution in [0.4, 0.5) is 0 Å². The topological polar surface area (TPSA) is 23.9 Å². The number of hydrogen-bond donors (Lipinski definition) is 1. The maximum atomic E-state index is 6.54. The van der Waals surface area contributed by atoms with Crippen LogP contribution in [0.15, 0.2) is 24.3 Å². The van der Waals surface area contributed by atoms with Crippen molar-refractivity contribution in [2.45, 2.75) is 27.2 Å². The molecule has 0 aliphatic heterocycles. The zero-order valence-corrected chi connectivity index (χ0v) is 7.15. The molecule has 0 aromatic heterocycles. The lowest BCUT2D eigenvalue weighted by Crippen LogP contribution is -1.60. The summed E-state index contributed by atoms with van der Waals surface area (Å²) in [6, 6.07) is 0. The quantitative estimate of drug-likeness (QED) is 0.449. The Morgan fingerprint density at radius 3 is 2.00 bits per heavy atom. The van der Waals surface area contributed by atoms with Gasteiger partial charge in [-0.25, -0.2) is 0 Å². The van der Waals surface area contributed by atoms with Gasteiger partial charge >= 0.3 is 0 Å². The van der Waals surface area contributed by atoms with Crippen LogP contribution < -0.4 is 0 Å². The summed E-state index contributed by atoms with van der Waals surface area (Å²) in [4.78, 5) is 0. The summed E-state index contributed by atoms with van der Waals surface area (Å²) in [7, 11) is 0. The fraction of sp³-hybridized carbons (Fsp3) is 0.444. The third-order valence-corrected chi connectivity index (χ3v) is 0.477. The SMILES string of the molecule is C=C(C)/C=C\C=N.CCC. The molecule has 0 rings (SSSR count). The van der Waals surface area contributed by atoms with Crippen molar-refractivity contribution in [1.29, 1.82) is 5.41 Å². The highest BCUT2D eigenvalue weighted by atomic mass is 14.3. The summed E-state index contributed by atoms with van der Waals surface area (Å²) in [6.07, 6.45) is 5.91. The van der Waals surface area contributed by atoms with Crippen LogP contribution in [0.5, 0.6) is 0 Å². The van der Waals surface area contributed by atoms with Crippen molar-refractivity contribution < 1.29 is 0 Å². The monoisotopic (exact) mass is 139 g/mol. The first-order valence-electron chi connectivity index (χ1n) is 3.51. The van der Waals surface area contributed by atoms with E-state index in [0.29, 0.717) is 0 Å². The van der Waals surface area contributed by atoms with E-state index >= 15 is 0 Å². The van der Waals surface area contributed by atoms with Gasteiger partial charge in [0.15, 0.2) is 0 Å². The van der Waals surface area contributed by atoms with Gasteiger partial charge in [0, 0.05) is 6.21 Å². The molecule has 0 bridgehead atoms. The second-order valence-corrected chi connectivity index (χ2v) is 2.08. The van der Waals surface area contributed by atoms with E-state index in [1.54, 1.807) is 12.2 Å². The highest BCUT2D eigenvalue weighted by Crippen LogP contribution is 1.84. The minimum atomic E-state index is 0.975. The summed E-state index contributed by atoms with van der Waals surface area (Å²) >= 11 is 0. The van der Waals surface area contributed by atoms with E-state index < -0.39 is 0 Å². The van der Waals surface area contributed by atoms with E-state index in [1.165, 1.54) is 12.6 Å². The van der Waals surface area contributed by atoms with Crippen LogP contribution in [0.1, 0.15) is 27.2 Å². The molecule has 0 saturated carbocycles. The fourth-order valence-electron chi connectivity index (χ4n) is 0.212. The first-order valence-corrected chi connectivity index (χ1v) is 3.51. The van der Waals surface area contributed by atoms with Crippen LogP contribution in [0.2, 0.25) is 0 Å². The molecule has 10 heavy (non-hydrogen) atoms. The predicted octanol–water partition coefficient (Wildman–Crippen LogP) is 3.18. The smallest absolute Gasteiger partial charge is 0.0177 e. The highest BCUT2D eigenvalue weighted by Gasteiger charge is 1.66. The number of hydrogen-bond acceptors (Lipinski definition) is 1. The number of rotatable bonds is 2. The molecule has 0 aromatic rings. The average Bonchev–Trinajstić information content (AvgIpc) is 1.85. The Hall–Kier alpha value is -0.850. The van der Waals surface area contributed by atoms with Gasteiger partial charge in [-0.05, 0) is 13.0 Å². The summed E-state index contributed by atoms with van der Waals surface area (Å²) in [6.45, 7) is 9.74. The summed E-state index contributed by atoms with van der Waals surface area (Å²) < 4.78 is 0. The van der Waals surface area contributed by atoms with E-state index in [0.717, 1.165) is 5.57 Å². The molecule has 0 unspecified atom stereocenters. The first-order chi connectivity index (χ1) is 4.68. The largest absolute Gasteiger partial charge is 0.309 e. The van der Waals surface area contributed by atoms with Crippen molar-refractivity contribution >= 4 is 6.21 Å². The molecule has 0 aliphatic rings. The second-order valence-electron chi connectivity index (χ2n) is 2.08. The minimum absolute atomic E-state index is 0.975. The summed E-state index contributed by atoms with van der Waals surface area (Å²) in [5.41, 5.74) is 0.975. The minimum Gasteiger partial charge on any atom is -0.309 e. The standard InChI is InChI=1S/C6H9N.C3H8/c1-6(2)4-3-5-7;1-3-2/h3-5,7H,1H2,2H3;3H2,1-2H3/b4-3-,7-5?;. The van der Waals surface area contributed by atoms with Crippen molar-refractivity contribution in [3.05, 3.63) is 24.3 Å². The van der Waals surface area contributed by atoms with Gasteiger partial charge in [-0.15, -0.1) is 0 Å². The van der Waals surface area contributed by atoms with Gasteiger partial charge in [-0.3, -0.25) is 0 Å². The van der Waals surface area contributed by atoms with Gasteiger partial charge < -0.3 is 5.41 Å². The average molecular weight is 139 g/mol. The van der Waals surface area contributed by atoms with Crippen LogP contribution in [-0.4, -0.2) is 6.21 Å². The summed E-state index contributed by atoms with van der Waals surface area (Å²) in [5.74, 6) is 0. The van der Waals surface area contributed by atoms with Crippen LogP contribution in [0.25, 0.3) is 0 Å². The Morgan fingerprint density at radius 1 is 1.50 bits per heavy atom. The van der Waals surface area contributed by atoms with Crippen LogP contribution in [0.3, 0.4) is 0 Å². The maximum absolute atomic E-state index is 6.54. The van der Waals surface area contributed by atoms with Crippen LogP contribution >= 0.6 is 0 Å². The second kappa shape index (κ2) is 11.0. The van der Waals surface area contributed by atoms with Crippen molar-refractivity contribution in [2.24, 2.45) is 0 Å². The van der Waals surface area contributed by atoms with Gasteiger partial charge in [0.05, 0.1) is 0 Å². The molecule has 1 nitrogen and oxygen atoms in total. The van der Waals surface area contributed by atoms with Gasteiger partial charge in [0.25, 0.3) is 0 Å². The molecule has 0 atom stereocenters. The molecule has 0 heterocycles. The van der Waals surface area contributed by atoms with E-state index in [2.05, 4.69) is 20.4 Å². The molecule has 1 heteroatoms. The lowest BCUT2D eigenvalue weighted by atomic mass is 10.3. The Kier molecular flexibility index (Phi) is 13.1. The van der Waals surface area contributed by atoms with Gasteiger partial charge in [0.2, 0.25) is 0 Å². The van der Waals surface area contributed by atoms with Crippen molar-refractivity contribution in [1.82, 2.24) is 0 Å². The Bertz CT molecular complexity index is 112. The van der Waals surface area contributed by atoms with Gasteiger partial charge in [-0.2, -0.15) is 0 Å². The third-order valence-electron chi connectivity index (χ3n) is 0.477. The molecular weight excluding hydrogens is 122 g/mol. The zero-order valence-electron chi connectivity index (χ0n) is 7.15. The van der Waals surface area contributed by atoms with Crippen molar-refractivity contribution in [3.8, 4) is 0 Å². The van der Waals surface area contributed by atoms with Crippen molar-refractivity contribution in [3.63, 3.8) is 0 Å². The molecule has 0 saturated heterocycles. The fourth-order valence-corrected chi connectivity index (χ4v) is 0.212. The maximum Gasteiger partial charge on any atom is 0.0177 e. The molecule has 0 spiro atoms. The number of allylic oxidation sites excluding steroid dienone is 3. The Morgan fingerprint density at radius 2 is 1.90 bits per heavy atom. The van der Waals surface area contributed by atoms with E-state index in [9.17, 15) is 0 Å². The predicted molar refractivity (Wildman–Crippen MR) is 48.7 cm³/mol. The third kappa shape index (κ3) is 27.3. The van der Waals surface area contributed by atoms with E-state index in [1.807, 2.05) is 6.92 Å². The normalized spacial score (nSPS) is 8.30. The Labute approximate surface area is 64.0 Å². The molecule has 0 fully saturated rings. The van der Waals surface area contributed by atoms with Crippen LogP contribution in [-0.2, 0) is 0 Å². The number of nitrogens with one attached hydrogen (secondary N) is 1. The molecule has 0 amide bonds. The Balaban J connectivity index is 0. The zero-order chi connectivity index (χ0) is 8.41. The lowest BCUT2D eigenvalue weighted by Gasteiger charge is -1.76. The van der Waals surface area contributed by atoms with Gasteiger partial charge in [0.1, 0.15) is 0 Å². The molecule has 1 N–H and O–H groups in total. The molecule has 0 radical (unpaired) electrons. The molecule has 0 aromatic carbocycles. The molecular formula is C9H17N. The van der Waals surface area contributed by atoms with E-state index in [4.69, 9.17) is 5.41 Å². The molecule has 0 aliphatic carbocycles. The van der Waals surface area contributed by atoms with Crippen molar-refractivity contribution in [2.75, 3.05) is 0 Å². The van der Waals surface area contributed by atoms with Crippen LogP contribution in [0, 0.1) is 5.41 Å². The first kappa shape index (κ1) is 11.9.